The van der Waals surface area contributed by atoms with Crippen molar-refractivity contribution < 1.29 is 9.53 Å². The molecular formula is C13H19NO2. The number of carbonyl (C=O) groups excluding carboxylic acids is 1. The number of likely N-dealkylation sites (N-methyl/N-ethyl adjacent to an activating group) is 1. The molecule has 1 aromatic carbocycles. The molecule has 0 aromatic heterocycles. The lowest BCUT2D eigenvalue weighted by Gasteiger charge is -2.13. The van der Waals surface area contributed by atoms with E-state index in [1.807, 2.05) is 44.1 Å². The normalized spacial score (nSPS) is 10.6. The zero-order valence-corrected chi connectivity index (χ0v) is 10.4. The van der Waals surface area contributed by atoms with Gasteiger partial charge in [0.05, 0.1) is 5.56 Å². The van der Waals surface area contributed by atoms with E-state index in [0.717, 1.165) is 12.1 Å². The summed E-state index contributed by atoms with van der Waals surface area (Å²) >= 11 is 0. The van der Waals surface area contributed by atoms with Crippen molar-refractivity contribution in [3.8, 4) is 5.75 Å². The highest BCUT2D eigenvalue weighted by molar-refractivity contribution is 5.97. The summed E-state index contributed by atoms with van der Waals surface area (Å²) < 4.78 is 5.60. The summed E-state index contributed by atoms with van der Waals surface area (Å²) in [6, 6.07) is 5.69. The summed E-state index contributed by atoms with van der Waals surface area (Å²) in [6.07, 6.45) is 0. The molecule has 0 radical (unpaired) electrons. The van der Waals surface area contributed by atoms with Crippen LogP contribution in [-0.2, 0) is 0 Å². The highest BCUT2D eigenvalue weighted by Gasteiger charge is 2.08. The van der Waals surface area contributed by atoms with Crippen LogP contribution in [0.3, 0.4) is 0 Å². The molecule has 1 aromatic rings. The van der Waals surface area contributed by atoms with Gasteiger partial charge in [-0.1, -0.05) is 11.6 Å². The Kier molecular flexibility index (Phi) is 4.50. The maximum Gasteiger partial charge on any atom is 0.163 e. The minimum atomic E-state index is 0.0450. The van der Waals surface area contributed by atoms with Crippen LogP contribution in [0.5, 0.6) is 5.75 Å². The van der Waals surface area contributed by atoms with Crippen molar-refractivity contribution in [2.24, 2.45) is 0 Å². The number of Topliss-reactive ketones (excluding diaryl/α,β-unsaturated/α-hetero) is 1. The van der Waals surface area contributed by atoms with Gasteiger partial charge in [0.15, 0.2) is 5.78 Å². The molecule has 0 aliphatic carbocycles. The molecule has 3 heteroatoms. The molecule has 0 heterocycles. The fourth-order valence-corrected chi connectivity index (χ4v) is 1.38. The summed E-state index contributed by atoms with van der Waals surface area (Å²) in [5.41, 5.74) is 1.74. The third kappa shape index (κ3) is 3.66. The van der Waals surface area contributed by atoms with E-state index in [2.05, 4.69) is 0 Å². The van der Waals surface area contributed by atoms with Crippen molar-refractivity contribution in [3.05, 3.63) is 29.3 Å². The van der Waals surface area contributed by atoms with Crippen LogP contribution in [-0.4, -0.2) is 37.9 Å². The Morgan fingerprint density at radius 2 is 2.06 bits per heavy atom. The first-order chi connectivity index (χ1) is 7.50. The zero-order valence-electron chi connectivity index (χ0n) is 10.4. The Bertz CT molecular complexity index is 372. The second-order valence-electron chi connectivity index (χ2n) is 4.21. The number of hydrogen-bond acceptors (Lipinski definition) is 3. The fraction of sp³-hybridized carbons (Fsp3) is 0.462. The van der Waals surface area contributed by atoms with Crippen LogP contribution in [0.25, 0.3) is 0 Å². The van der Waals surface area contributed by atoms with Crippen molar-refractivity contribution in [2.75, 3.05) is 27.2 Å². The van der Waals surface area contributed by atoms with Crippen LogP contribution in [0, 0.1) is 6.92 Å². The topological polar surface area (TPSA) is 29.5 Å². The van der Waals surface area contributed by atoms with Crippen LogP contribution >= 0.6 is 0 Å². The number of aryl methyl sites for hydroxylation is 1. The number of nitrogens with zero attached hydrogens (tertiary/aromatic N) is 1. The van der Waals surface area contributed by atoms with Gasteiger partial charge in [-0.2, -0.15) is 0 Å². The Hall–Kier alpha value is -1.35. The van der Waals surface area contributed by atoms with Crippen molar-refractivity contribution in [1.29, 1.82) is 0 Å². The summed E-state index contributed by atoms with van der Waals surface area (Å²) in [4.78, 5) is 13.5. The molecule has 0 amide bonds. The van der Waals surface area contributed by atoms with Gasteiger partial charge in [0.25, 0.3) is 0 Å². The van der Waals surface area contributed by atoms with Gasteiger partial charge >= 0.3 is 0 Å². The van der Waals surface area contributed by atoms with Gasteiger partial charge in [0.2, 0.25) is 0 Å². The molecule has 0 aliphatic rings. The van der Waals surface area contributed by atoms with E-state index in [4.69, 9.17) is 4.74 Å². The number of benzene rings is 1. The number of ether oxygens (including phenoxy) is 1. The Balaban J connectivity index is 2.75. The third-order valence-corrected chi connectivity index (χ3v) is 2.31. The van der Waals surface area contributed by atoms with E-state index in [1.165, 1.54) is 0 Å². The molecule has 0 saturated carbocycles. The number of hydrogen-bond donors (Lipinski definition) is 0. The first-order valence-corrected chi connectivity index (χ1v) is 5.40. The molecule has 0 bridgehead atoms. The molecular weight excluding hydrogens is 202 g/mol. The summed E-state index contributed by atoms with van der Waals surface area (Å²) in [6.45, 7) is 4.96. The second kappa shape index (κ2) is 5.66. The quantitative estimate of drug-likeness (QED) is 0.713. The summed E-state index contributed by atoms with van der Waals surface area (Å²) in [5.74, 6) is 0.725. The Morgan fingerprint density at radius 1 is 1.38 bits per heavy atom. The first kappa shape index (κ1) is 12.7. The largest absolute Gasteiger partial charge is 0.491 e. The SMILES string of the molecule is CC(=O)c1cc(C)ccc1OCCN(C)C. The first-order valence-electron chi connectivity index (χ1n) is 5.40. The minimum Gasteiger partial charge on any atom is -0.491 e. The average molecular weight is 221 g/mol. The average Bonchev–Trinajstić information content (AvgIpc) is 2.19. The van der Waals surface area contributed by atoms with E-state index < -0.39 is 0 Å². The minimum absolute atomic E-state index is 0.0450. The van der Waals surface area contributed by atoms with Crippen LogP contribution in [0.15, 0.2) is 18.2 Å². The van der Waals surface area contributed by atoms with Gasteiger partial charge in [-0.3, -0.25) is 4.79 Å². The van der Waals surface area contributed by atoms with Crippen LogP contribution in [0.2, 0.25) is 0 Å². The molecule has 0 saturated heterocycles. The monoisotopic (exact) mass is 221 g/mol. The Labute approximate surface area is 97.0 Å². The molecule has 0 atom stereocenters. The lowest BCUT2D eigenvalue weighted by molar-refractivity contribution is 0.101. The van der Waals surface area contributed by atoms with E-state index in [9.17, 15) is 4.79 Å². The lowest BCUT2D eigenvalue weighted by atomic mass is 10.1. The van der Waals surface area contributed by atoms with E-state index in [0.29, 0.717) is 17.9 Å². The van der Waals surface area contributed by atoms with Crippen molar-refractivity contribution >= 4 is 5.78 Å². The van der Waals surface area contributed by atoms with Crippen molar-refractivity contribution in [1.82, 2.24) is 4.90 Å². The standard InChI is InChI=1S/C13H19NO2/c1-10-5-6-13(12(9-10)11(2)15)16-8-7-14(3)4/h5-6,9H,7-8H2,1-4H3. The molecule has 1 rings (SSSR count). The van der Waals surface area contributed by atoms with Gasteiger partial charge in [-0.05, 0) is 40.1 Å². The highest BCUT2D eigenvalue weighted by Crippen LogP contribution is 2.20. The van der Waals surface area contributed by atoms with E-state index in [-0.39, 0.29) is 5.78 Å². The maximum absolute atomic E-state index is 11.4. The summed E-state index contributed by atoms with van der Waals surface area (Å²) in [5, 5.41) is 0. The number of carbonyl (C=O) groups is 1. The van der Waals surface area contributed by atoms with Gasteiger partial charge < -0.3 is 9.64 Å². The molecule has 0 N–H and O–H groups in total. The molecule has 0 aliphatic heterocycles. The third-order valence-electron chi connectivity index (χ3n) is 2.31. The smallest absolute Gasteiger partial charge is 0.163 e. The van der Waals surface area contributed by atoms with Gasteiger partial charge in [0, 0.05) is 6.54 Å². The van der Waals surface area contributed by atoms with Crippen LogP contribution in [0.4, 0.5) is 0 Å². The zero-order chi connectivity index (χ0) is 12.1. The number of rotatable bonds is 5. The fourth-order valence-electron chi connectivity index (χ4n) is 1.38. The van der Waals surface area contributed by atoms with Crippen molar-refractivity contribution in [2.45, 2.75) is 13.8 Å². The van der Waals surface area contributed by atoms with Gasteiger partial charge in [-0.25, -0.2) is 0 Å². The van der Waals surface area contributed by atoms with Gasteiger partial charge in [-0.15, -0.1) is 0 Å². The molecule has 88 valence electrons. The van der Waals surface area contributed by atoms with Crippen molar-refractivity contribution in [3.63, 3.8) is 0 Å². The van der Waals surface area contributed by atoms with Crippen LogP contribution < -0.4 is 4.74 Å². The van der Waals surface area contributed by atoms with E-state index >= 15 is 0 Å². The summed E-state index contributed by atoms with van der Waals surface area (Å²) in [7, 11) is 3.98. The Morgan fingerprint density at radius 3 is 2.62 bits per heavy atom. The van der Waals surface area contributed by atoms with Gasteiger partial charge in [0.1, 0.15) is 12.4 Å². The predicted octanol–water partition coefficient (Wildman–Crippen LogP) is 2.14. The predicted molar refractivity (Wildman–Crippen MR) is 65.2 cm³/mol. The molecule has 0 fully saturated rings. The molecule has 0 unspecified atom stereocenters. The highest BCUT2D eigenvalue weighted by atomic mass is 16.5. The number of ketones is 1. The lowest BCUT2D eigenvalue weighted by Crippen LogP contribution is -2.20. The molecule has 3 nitrogen and oxygen atoms in total. The second-order valence-corrected chi connectivity index (χ2v) is 4.21. The maximum atomic E-state index is 11.4. The van der Waals surface area contributed by atoms with E-state index in [1.54, 1.807) is 6.92 Å². The molecule has 16 heavy (non-hydrogen) atoms. The van der Waals surface area contributed by atoms with Crippen LogP contribution in [0.1, 0.15) is 22.8 Å². The molecule has 0 spiro atoms.